The van der Waals surface area contributed by atoms with Gasteiger partial charge in [0.05, 0.1) is 5.69 Å². The molecule has 0 saturated carbocycles. The molecule has 2 rings (SSSR count). The molecule has 0 aliphatic carbocycles. The summed E-state index contributed by atoms with van der Waals surface area (Å²) in [5.41, 5.74) is 1.80. The maximum Gasteiger partial charge on any atom is 0.152 e. The number of pyridine rings is 1. The number of para-hydroxylation sites is 1. The highest BCUT2D eigenvalue weighted by molar-refractivity contribution is 6.31. The second kappa shape index (κ2) is 6.67. The molecule has 0 amide bonds. The van der Waals surface area contributed by atoms with E-state index in [0.29, 0.717) is 11.7 Å². The molecule has 3 nitrogen and oxygen atoms in total. The zero-order valence-electron chi connectivity index (χ0n) is 10.3. The van der Waals surface area contributed by atoms with Gasteiger partial charge in [0, 0.05) is 18.3 Å². The van der Waals surface area contributed by atoms with E-state index in [1.54, 1.807) is 6.20 Å². The summed E-state index contributed by atoms with van der Waals surface area (Å²) in [6.45, 7) is 0.844. The monoisotopic (exact) mass is 272 g/mol. The molecular weight excluding hydrogens is 260 g/mol. The number of anilines is 1. The van der Waals surface area contributed by atoms with Crippen LogP contribution in [-0.4, -0.2) is 11.6 Å². The molecule has 0 spiro atoms. The number of hydrogen-bond donors (Lipinski definition) is 1. The highest BCUT2D eigenvalue weighted by atomic mass is 35.5. The summed E-state index contributed by atoms with van der Waals surface area (Å²) < 4.78 is 5.48. The molecule has 2 aromatic rings. The maximum absolute atomic E-state index is 5.98. The van der Waals surface area contributed by atoms with Gasteiger partial charge in [0.2, 0.25) is 0 Å². The minimum Gasteiger partial charge on any atom is -0.481 e. The number of halogens is 1. The van der Waals surface area contributed by atoms with Crippen molar-refractivity contribution in [3.05, 3.63) is 53.3 Å². The van der Waals surface area contributed by atoms with E-state index in [4.69, 9.17) is 22.8 Å². The van der Waals surface area contributed by atoms with E-state index >= 15 is 0 Å². The van der Waals surface area contributed by atoms with Crippen molar-refractivity contribution in [3.8, 4) is 18.1 Å². The Labute approximate surface area is 117 Å². The molecule has 19 heavy (non-hydrogen) atoms. The van der Waals surface area contributed by atoms with Crippen molar-refractivity contribution in [2.24, 2.45) is 0 Å². The third-order valence-electron chi connectivity index (χ3n) is 2.51. The number of aromatic nitrogens is 1. The number of nitrogens with one attached hydrogen (secondary N) is 1. The minimum atomic E-state index is 0.255. The number of ether oxygens (including phenoxy) is 1. The SMILES string of the molecule is C#CCOc1ccccc1CNc1cccnc1Cl. The van der Waals surface area contributed by atoms with Gasteiger partial charge in [0.25, 0.3) is 0 Å². The summed E-state index contributed by atoms with van der Waals surface area (Å²) in [5.74, 6) is 3.22. The molecule has 0 bridgehead atoms. The van der Waals surface area contributed by atoms with E-state index in [9.17, 15) is 0 Å². The van der Waals surface area contributed by atoms with E-state index in [1.807, 2.05) is 36.4 Å². The topological polar surface area (TPSA) is 34.1 Å². The smallest absolute Gasteiger partial charge is 0.152 e. The molecule has 1 heterocycles. The Morgan fingerprint density at radius 2 is 2.11 bits per heavy atom. The molecule has 0 fully saturated rings. The van der Waals surface area contributed by atoms with Crippen molar-refractivity contribution in [2.75, 3.05) is 11.9 Å². The van der Waals surface area contributed by atoms with Crippen molar-refractivity contribution in [2.45, 2.75) is 6.54 Å². The number of rotatable bonds is 5. The molecule has 0 radical (unpaired) electrons. The summed E-state index contributed by atoms with van der Waals surface area (Å²) in [7, 11) is 0. The Hall–Kier alpha value is -2.18. The molecule has 1 aromatic heterocycles. The van der Waals surface area contributed by atoms with Gasteiger partial charge >= 0.3 is 0 Å². The Balaban J connectivity index is 2.07. The average Bonchev–Trinajstić information content (AvgIpc) is 2.45. The van der Waals surface area contributed by atoms with Crippen LogP contribution in [-0.2, 0) is 6.54 Å². The molecule has 4 heteroatoms. The van der Waals surface area contributed by atoms with Crippen molar-refractivity contribution in [1.82, 2.24) is 4.98 Å². The van der Waals surface area contributed by atoms with Crippen LogP contribution in [0.3, 0.4) is 0 Å². The third-order valence-corrected chi connectivity index (χ3v) is 2.81. The van der Waals surface area contributed by atoms with E-state index in [2.05, 4.69) is 16.2 Å². The van der Waals surface area contributed by atoms with Crippen molar-refractivity contribution in [3.63, 3.8) is 0 Å². The average molecular weight is 273 g/mol. The second-order valence-electron chi connectivity index (χ2n) is 3.80. The summed E-state index contributed by atoms with van der Waals surface area (Å²) in [6.07, 6.45) is 6.85. The van der Waals surface area contributed by atoms with Gasteiger partial charge in [-0.3, -0.25) is 0 Å². The van der Waals surface area contributed by atoms with Gasteiger partial charge in [-0.25, -0.2) is 4.98 Å². The molecular formula is C15H13ClN2O. The Kier molecular flexibility index (Phi) is 4.66. The summed E-state index contributed by atoms with van der Waals surface area (Å²) in [5, 5.41) is 3.67. The van der Waals surface area contributed by atoms with Crippen molar-refractivity contribution >= 4 is 17.3 Å². The molecule has 0 unspecified atom stereocenters. The van der Waals surface area contributed by atoms with E-state index in [0.717, 1.165) is 17.0 Å². The van der Waals surface area contributed by atoms with Gasteiger partial charge in [0.1, 0.15) is 12.4 Å². The van der Waals surface area contributed by atoms with Crippen LogP contribution in [0.25, 0.3) is 0 Å². The third kappa shape index (κ3) is 3.64. The van der Waals surface area contributed by atoms with Gasteiger partial charge in [-0.05, 0) is 18.2 Å². The molecule has 0 aliphatic rings. The summed E-state index contributed by atoms with van der Waals surface area (Å²) >= 11 is 5.98. The first-order chi connectivity index (χ1) is 9.31. The zero-order valence-corrected chi connectivity index (χ0v) is 11.0. The van der Waals surface area contributed by atoms with Crippen molar-refractivity contribution < 1.29 is 4.74 Å². The van der Waals surface area contributed by atoms with Gasteiger partial charge in [-0.1, -0.05) is 35.7 Å². The minimum absolute atomic E-state index is 0.255. The van der Waals surface area contributed by atoms with Crippen molar-refractivity contribution in [1.29, 1.82) is 0 Å². The van der Waals surface area contributed by atoms with Gasteiger partial charge in [0.15, 0.2) is 5.15 Å². The molecule has 1 aromatic carbocycles. The lowest BCUT2D eigenvalue weighted by Gasteiger charge is -2.11. The standard InChI is InChI=1S/C15H13ClN2O/c1-2-10-19-14-8-4-3-6-12(14)11-18-13-7-5-9-17-15(13)16/h1,3-9,18H,10-11H2. The fourth-order valence-electron chi connectivity index (χ4n) is 1.62. The maximum atomic E-state index is 5.98. The largest absolute Gasteiger partial charge is 0.481 e. The predicted molar refractivity (Wildman–Crippen MR) is 77.3 cm³/mol. The number of hydrogen-bond acceptors (Lipinski definition) is 3. The van der Waals surface area contributed by atoms with Gasteiger partial charge in [-0.2, -0.15) is 0 Å². The first-order valence-corrected chi connectivity index (χ1v) is 6.17. The number of nitrogens with zero attached hydrogens (tertiary/aromatic N) is 1. The molecule has 96 valence electrons. The quantitative estimate of drug-likeness (QED) is 0.669. The first-order valence-electron chi connectivity index (χ1n) is 5.80. The normalized spacial score (nSPS) is 9.68. The molecule has 0 aliphatic heterocycles. The van der Waals surface area contributed by atoms with Crippen LogP contribution < -0.4 is 10.1 Å². The number of terminal acetylenes is 1. The van der Waals surface area contributed by atoms with Crippen LogP contribution in [0.2, 0.25) is 5.15 Å². The summed E-state index contributed by atoms with van der Waals surface area (Å²) in [4.78, 5) is 4.01. The summed E-state index contributed by atoms with van der Waals surface area (Å²) in [6, 6.07) is 11.4. The highest BCUT2D eigenvalue weighted by Gasteiger charge is 2.04. The molecule has 0 atom stereocenters. The lowest BCUT2D eigenvalue weighted by Crippen LogP contribution is -2.04. The molecule has 1 N–H and O–H groups in total. The lowest BCUT2D eigenvalue weighted by atomic mass is 10.2. The fourth-order valence-corrected chi connectivity index (χ4v) is 1.80. The highest BCUT2D eigenvalue weighted by Crippen LogP contribution is 2.22. The zero-order chi connectivity index (χ0) is 13.5. The van der Waals surface area contributed by atoms with Crippen LogP contribution in [0.5, 0.6) is 5.75 Å². The Bertz CT molecular complexity index is 593. The van der Waals surface area contributed by atoms with E-state index in [-0.39, 0.29) is 6.61 Å². The van der Waals surface area contributed by atoms with Crippen LogP contribution in [0.4, 0.5) is 5.69 Å². The lowest BCUT2D eigenvalue weighted by molar-refractivity contribution is 0.366. The predicted octanol–water partition coefficient (Wildman–Crippen LogP) is 3.36. The van der Waals surface area contributed by atoms with Gasteiger partial charge < -0.3 is 10.1 Å². The second-order valence-corrected chi connectivity index (χ2v) is 4.15. The van der Waals surface area contributed by atoms with Crippen LogP contribution in [0.1, 0.15) is 5.56 Å². The molecule has 0 saturated heterocycles. The van der Waals surface area contributed by atoms with Crippen LogP contribution in [0, 0.1) is 12.3 Å². The van der Waals surface area contributed by atoms with E-state index in [1.165, 1.54) is 0 Å². The first kappa shape index (κ1) is 13.3. The number of benzene rings is 1. The Morgan fingerprint density at radius 3 is 2.89 bits per heavy atom. The Morgan fingerprint density at radius 1 is 1.26 bits per heavy atom. The van der Waals surface area contributed by atoms with Crippen LogP contribution in [0.15, 0.2) is 42.6 Å². The fraction of sp³-hybridized carbons (Fsp3) is 0.133. The van der Waals surface area contributed by atoms with Gasteiger partial charge in [-0.15, -0.1) is 6.42 Å². The van der Waals surface area contributed by atoms with Crippen LogP contribution >= 0.6 is 11.6 Å². The van der Waals surface area contributed by atoms with E-state index < -0.39 is 0 Å².